The number of carbonyl (C=O) groups excluding carboxylic acids is 1. The van der Waals surface area contributed by atoms with Crippen LogP contribution < -0.4 is 5.56 Å². The lowest BCUT2D eigenvalue weighted by Gasteiger charge is -2.18. The molecule has 0 saturated carbocycles. The van der Waals surface area contributed by atoms with E-state index >= 15 is 0 Å². The minimum atomic E-state index is -0.659. The summed E-state index contributed by atoms with van der Waals surface area (Å²) in [4.78, 5) is 24.3. The van der Waals surface area contributed by atoms with E-state index < -0.39 is 12.0 Å². The van der Waals surface area contributed by atoms with Crippen molar-refractivity contribution in [2.45, 2.75) is 19.4 Å². The Morgan fingerprint density at radius 3 is 2.62 bits per heavy atom. The molecule has 0 N–H and O–H groups in total. The van der Waals surface area contributed by atoms with Crippen molar-refractivity contribution >= 4 is 21.9 Å². The van der Waals surface area contributed by atoms with E-state index in [1.165, 1.54) is 10.6 Å². The molecule has 0 radical (unpaired) electrons. The number of aromatic nitrogens is 1. The monoisotopic (exact) mass is 349 g/mol. The van der Waals surface area contributed by atoms with Crippen LogP contribution in [0, 0.1) is 0 Å². The Kier molecular flexibility index (Phi) is 5.33. The van der Waals surface area contributed by atoms with Gasteiger partial charge in [0.25, 0.3) is 5.56 Å². The second kappa shape index (κ2) is 7.22. The molecule has 1 aromatic heterocycles. The average Bonchev–Trinajstić information content (AvgIpc) is 2.47. The highest BCUT2D eigenvalue weighted by molar-refractivity contribution is 9.10. The summed E-state index contributed by atoms with van der Waals surface area (Å²) in [5, 5.41) is 0. The number of nitrogens with zero attached hydrogens (tertiary/aromatic N) is 1. The molecule has 0 aliphatic heterocycles. The molecular weight excluding hydrogens is 334 g/mol. The zero-order chi connectivity index (χ0) is 15.2. The molecule has 2 aromatic rings. The van der Waals surface area contributed by atoms with Gasteiger partial charge in [0.15, 0.2) is 0 Å². The summed E-state index contributed by atoms with van der Waals surface area (Å²) < 4.78 is 7.20. The fraction of sp³-hybridized carbons (Fsp3) is 0.250. The molecule has 21 heavy (non-hydrogen) atoms. The van der Waals surface area contributed by atoms with Crippen LogP contribution in [0.5, 0.6) is 0 Å². The lowest BCUT2D eigenvalue weighted by atomic mass is 10.1. The highest BCUT2D eigenvalue weighted by atomic mass is 79.9. The minimum absolute atomic E-state index is 0.238. The molecule has 1 unspecified atom stereocenters. The molecule has 0 bridgehead atoms. The van der Waals surface area contributed by atoms with Crippen molar-refractivity contribution in [3.05, 3.63) is 69.1 Å². The summed E-state index contributed by atoms with van der Waals surface area (Å²) in [7, 11) is 0. The van der Waals surface area contributed by atoms with Crippen LogP contribution in [0.4, 0.5) is 0 Å². The number of esters is 1. The highest BCUT2D eigenvalue weighted by Gasteiger charge is 2.23. The van der Waals surface area contributed by atoms with Crippen molar-refractivity contribution < 1.29 is 9.53 Å². The third-order valence-electron chi connectivity index (χ3n) is 3.08. The molecule has 0 spiro atoms. The van der Waals surface area contributed by atoms with Gasteiger partial charge in [-0.05, 0) is 18.6 Å². The molecule has 2 rings (SSSR count). The molecule has 5 heteroatoms. The Balaban J connectivity index is 2.36. The van der Waals surface area contributed by atoms with E-state index in [0.717, 1.165) is 5.56 Å². The number of rotatable bonds is 5. The number of pyridine rings is 1. The Labute approximate surface area is 131 Å². The number of benzene rings is 1. The molecule has 0 amide bonds. The van der Waals surface area contributed by atoms with Gasteiger partial charge in [0.1, 0.15) is 6.04 Å². The van der Waals surface area contributed by atoms with Gasteiger partial charge in [-0.15, -0.1) is 0 Å². The molecule has 1 heterocycles. The number of carbonyl (C=O) groups is 1. The summed E-state index contributed by atoms with van der Waals surface area (Å²) in [5.41, 5.74) is 0.740. The molecule has 0 fully saturated rings. The quantitative estimate of drug-likeness (QED) is 0.779. The summed E-state index contributed by atoms with van der Waals surface area (Å²) in [6, 6.07) is 12.1. The topological polar surface area (TPSA) is 48.3 Å². The molecule has 0 saturated heterocycles. The van der Waals surface area contributed by atoms with E-state index in [0.29, 0.717) is 10.9 Å². The molecule has 1 atom stereocenters. The first-order valence-electron chi connectivity index (χ1n) is 6.70. The first-order valence-corrected chi connectivity index (χ1v) is 7.49. The van der Waals surface area contributed by atoms with Gasteiger partial charge in [-0.2, -0.15) is 0 Å². The van der Waals surface area contributed by atoms with Crippen LogP contribution in [0.3, 0.4) is 0 Å². The second-order valence-electron chi connectivity index (χ2n) is 4.55. The van der Waals surface area contributed by atoms with Gasteiger partial charge in [-0.25, -0.2) is 4.79 Å². The maximum atomic E-state index is 12.2. The highest BCUT2D eigenvalue weighted by Crippen LogP contribution is 2.16. The van der Waals surface area contributed by atoms with Crippen LogP contribution in [0.2, 0.25) is 0 Å². The van der Waals surface area contributed by atoms with Crippen LogP contribution in [0.15, 0.2) is 57.9 Å². The summed E-state index contributed by atoms with van der Waals surface area (Å²) in [6.07, 6.45) is 2.03. The van der Waals surface area contributed by atoms with Crippen LogP contribution >= 0.6 is 15.9 Å². The van der Waals surface area contributed by atoms with Gasteiger partial charge in [0, 0.05) is 23.2 Å². The zero-order valence-corrected chi connectivity index (χ0v) is 13.2. The van der Waals surface area contributed by atoms with Crippen molar-refractivity contribution in [2.75, 3.05) is 6.61 Å². The Hall–Kier alpha value is -1.88. The maximum Gasteiger partial charge on any atom is 0.329 e. The fourth-order valence-corrected chi connectivity index (χ4v) is 2.41. The van der Waals surface area contributed by atoms with Gasteiger partial charge in [-0.3, -0.25) is 4.79 Å². The largest absolute Gasteiger partial charge is 0.464 e. The number of hydrogen-bond donors (Lipinski definition) is 0. The molecule has 0 aliphatic rings. The molecule has 1 aromatic carbocycles. The van der Waals surface area contributed by atoms with Crippen molar-refractivity contribution in [1.82, 2.24) is 4.57 Å². The second-order valence-corrected chi connectivity index (χ2v) is 5.46. The lowest BCUT2D eigenvalue weighted by molar-refractivity contribution is -0.147. The average molecular weight is 350 g/mol. The number of hydrogen-bond acceptors (Lipinski definition) is 3. The van der Waals surface area contributed by atoms with Gasteiger partial charge in [-0.1, -0.05) is 46.3 Å². The maximum absolute atomic E-state index is 12.2. The van der Waals surface area contributed by atoms with Gasteiger partial charge in [0.2, 0.25) is 0 Å². The zero-order valence-electron chi connectivity index (χ0n) is 11.7. The first kappa shape index (κ1) is 15.5. The van der Waals surface area contributed by atoms with Crippen LogP contribution in [-0.2, 0) is 16.0 Å². The molecular formula is C16H16BrNO3. The van der Waals surface area contributed by atoms with Crippen LogP contribution in [0.25, 0.3) is 0 Å². The smallest absolute Gasteiger partial charge is 0.329 e. The Morgan fingerprint density at radius 2 is 2.00 bits per heavy atom. The SMILES string of the molecule is CCOC(=O)C(Cc1ccccc1)n1ccc(Br)cc1=O. The predicted molar refractivity (Wildman–Crippen MR) is 84.2 cm³/mol. The molecule has 4 nitrogen and oxygen atoms in total. The van der Waals surface area contributed by atoms with E-state index in [4.69, 9.17) is 4.74 Å². The number of ether oxygens (including phenoxy) is 1. The normalized spacial score (nSPS) is 11.9. The van der Waals surface area contributed by atoms with E-state index in [1.54, 1.807) is 19.2 Å². The van der Waals surface area contributed by atoms with E-state index in [1.807, 2.05) is 30.3 Å². The summed E-state index contributed by atoms with van der Waals surface area (Å²) in [6.45, 7) is 2.04. The standard InChI is InChI=1S/C16H16BrNO3/c1-2-21-16(20)14(10-12-6-4-3-5-7-12)18-9-8-13(17)11-15(18)19/h3-9,11,14H,2,10H2,1H3. The third kappa shape index (κ3) is 4.04. The lowest BCUT2D eigenvalue weighted by Crippen LogP contribution is -2.31. The van der Waals surface area contributed by atoms with E-state index in [2.05, 4.69) is 15.9 Å². The van der Waals surface area contributed by atoms with Gasteiger partial charge in [0.05, 0.1) is 6.61 Å². The molecule has 0 aliphatic carbocycles. The first-order chi connectivity index (χ1) is 10.1. The van der Waals surface area contributed by atoms with Crippen molar-refractivity contribution in [3.8, 4) is 0 Å². The summed E-state index contributed by atoms with van der Waals surface area (Å²) in [5.74, 6) is -0.397. The van der Waals surface area contributed by atoms with Gasteiger partial charge < -0.3 is 9.30 Å². The molecule has 110 valence electrons. The third-order valence-corrected chi connectivity index (χ3v) is 3.57. The van der Waals surface area contributed by atoms with E-state index in [-0.39, 0.29) is 12.2 Å². The van der Waals surface area contributed by atoms with Crippen LogP contribution in [-0.4, -0.2) is 17.1 Å². The van der Waals surface area contributed by atoms with Crippen molar-refractivity contribution in [2.24, 2.45) is 0 Å². The minimum Gasteiger partial charge on any atom is -0.464 e. The Bertz CT molecular complexity index is 667. The fourth-order valence-electron chi connectivity index (χ4n) is 2.09. The van der Waals surface area contributed by atoms with E-state index in [9.17, 15) is 9.59 Å². The Morgan fingerprint density at radius 1 is 1.29 bits per heavy atom. The predicted octanol–water partition coefficient (Wildman–Crippen LogP) is 2.96. The van der Waals surface area contributed by atoms with Crippen LogP contribution in [0.1, 0.15) is 18.5 Å². The number of halogens is 1. The summed E-state index contributed by atoms with van der Waals surface area (Å²) >= 11 is 3.25. The van der Waals surface area contributed by atoms with Crippen molar-refractivity contribution in [1.29, 1.82) is 0 Å². The van der Waals surface area contributed by atoms with Gasteiger partial charge >= 0.3 is 5.97 Å². The van der Waals surface area contributed by atoms with Crippen molar-refractivity contribution in [3.63, 3.8) is 0 Å².